The second-order valence-corrected chi connectivity index (χ2v) is 11.1. The lowest BCUT2D eigenvalue weighted by molar-refractivity contribution is -0.132. The van der Waals surface area contributed by atoms with E-state index in [2.05, 4.69) is 27.0 Å². The molecule has 3 aromatic carbocycles. The summed E-state index contributed by atoms with van der Waals surface area (Å²) < 4.78 is 11.8. The summed E-state index contributed by atoms with van der Waals surface area (Å²) in [4.78, 5) is 34.1. The number of ether oxygens (including phenoxy) is 2. The number of carbonyl (C=O) groups excluding carboxylic acids is 2. The molecule has 0 unspecified atom stereocenters. The second kappa shape index (κ2) is 13.5. The molecule has 4 aromatic rings. The van der Waals surface area contributed by atoms with E-state index in [1.165, 1.54) is 0 Å². The van der Waals surface area contributed by atoms with Crippen LogP contribution < -0.4 is 9.47 Å². The van der Waals surface area contributed by atoms with Crippen LogP contribution in [0.5, 0.6) is 11.5 Å². The lowest BCUT2D eigenvalue weighted by atomic mass is 10.1. The highest BCUT2D eigenvalue weighted by Crippen LogP contribution is 2.28. The van der Waals surface area contributed by atoms with Gasteiger partial charge in [-0.2, -0.15) is 0 Å². The van der Waals surface area contributed by atoms with E-state index in [0.29, 0.717) is 43.1 Å². The summed E-state index contributed by atoms with van der Waals surface area (Å²) in [7, 11) is 3.19. The monoisotopic (exact) mass is 605 g/mol. The van der Waals surface area contributed by atoms with Gasteiger partial charge in [0.05, 0.1) is 14.2 Å². The number of fused-ring (bicyclic) bond motifs is 1. The zero-order chi connectivity index (χ0) is 28.6. The van der Waals surface area contributed by atoms with Crippen LogP contribution in [-0.4, -0.2) is 60.5 Å². The van der Waals surface area contributed by atoms with Crippen LogP contribution in [0.4, 0.5) is 0 Å². The molecular formula is C32H36BrN3O4. The van der Waals surface area contributed by atoms with Gasteiger partial charge in [0.1, 0.15) is 6.54 Å². The van der Waals surface area contributed by atoms with Gasteiger partial charge in [0, 0.05) is 46.8 Å². The van der Waals surface area contributed by atoms with Gasteiger partial charge in [-0.25, -0.2) is 0 Å². The molecule has 7 nitrogen and oxygen atoms in total. The summed E-state index contributed by atoms with van der Waals surface area (Å²) in [6.07, 6.45) is 2.68. The van der Waals surface area contributed by atoms with Gasteiger partial charge in [0.25, 0.3) is 5.91 Å². The number of methoxy groups -OCH3 is 2. The molecule has 0 atom stereocenters. The molecule has 1 heterocycles. The summed E-state index contributed by atoms with van der Waals surface area (Å²) in [5, 5.41) is 1.15. The van der Waals surface area contributed by atoms with Gasteiger partial charge in [-0.3, -0.25) is 9.59 Å². The number of amides is 2. The molecule has 0 saturated heterocycles. The van der Waals surface area contributed by atoms with Crippen LogP contribution >= 0.6 is 15.9 Å². The number of halogens is 1. The summed E-state index contributed by atoms with van der Waals surface area (Å²) in [5.74, 6) is 1.18. The Morgan fingerprint density at radius 1 is 0.925 bits per heavy atom. The van der Waals surface area contributed by atoms with Crippen molar-refractivity contribution >= 4 is 38.6 Å². The third-order valence-corrected chi connectivity index (χ3v) is 7.32. The first kappa shape index (κ1) is 29.2. The number of carbonyl (C=O) groups is 2. The van der Waals surface area contributed by atoms with E-state index in [0.717, 1.165) is 26.5 Å². The van der Waals surface area contributed by atoms with Crippen LogP contribution in [0.2, 0.25) is 0 Å². The fraction of sp³-hybridized carbons (Fsp3) is 0.312. The van der Waals surface area contributed by atoms with E-state index in [-0.39, 0.29) is 24.3 Å². The Hall–Kier alpha value is -3.78. The molecule has 0 fully saturated rings. The van der Waals surface area contributed by atoms with Crippen molar-refractivity contribution in [2.45, 2.75) is 26.8 Å². The molecule has 1 N–H and O–H groups in total. The van der Waals surface area contributed by atoms with Crippen molar-refractivity contribution in [3.8, 4) is 11.5 Å². The molecule has 0 saturated carbocycles. The minimum absolute atomic E-state index is 0.00570. The van der Waals surface area contributed by atoms with E-state index < -0.39 is 0 Å². The lowest BCUT2D eigenvalue weighted by Gasteiger charge is -2.29. The van der Waals surface area contributed by atoms with Crippen LogP contribution in [0.15, 0.2) is 77.4 Å². The highest BCUT2D eigenvalue weighted by atomic mass is 79.9. The maximum Gasteiger partial charge on any atom is 0.254 e. The Bertz CT molecular complexity index is 1450. The fourth-order valence-corrected chi connectivity index (χ4v) is 5.05. The Kier molecular flexibility index (Phi) is 9.88. The highest BCUT2D eigenvalue weighted by Gasteiger charge is 2.24. The van der Waals surface area contributed by atoms with E-state index in [4.69, 9.17) is 9.47 Å². The average Bonchev–Trinajstić information content (AvgIpc) is 3.37. The number of hydrogen-bond donors (Lipinski definition) is 1. The summed E-state index contributed by atoms with van der Waals surface area (Å²) >= 11 is 3.43. The Labute approximate surface area is 244 Å². The zero-order valence-electron chi connectivity index (χ0n) is 23.4. The standard InChI is InChI=1S/C32H36BrN3O4/c1-22(2)19-36(32(38)24-10-12-26(33)13-11-24)21-31(37)35(20-23-9-14-29(39-3)30(17-23)40-4)16-15-25-18-34-28-8-6-5-7-27(25)28/h5-14,17-18,22,34H,15-16,19-21H2,1-4H3. The Morgan fingerprint density at radius 2 is 1.65 bits per heavy atom. The number of nitrogens with zero attached hydrogens (tertiary/aromatic N) is 2. The molecule has 0 radical (unpaired) electrons. The maximum absolute atomic E-state index is 13.9. The first-order valence-electron chi connectivity index (χ1n) is 13.4. The topological polar surface area (TPSA) is 74.9 Å². The number of H-pyrrole nitrogens is 1. The second-order valence-electron chi connectivity index (χ2n) is 10.2. The third-order valence-electron chi connectivity index (χ3n) is 6.79. The predicted molar refractivity (Wildman–Crippen MR) is 162 cm³/mol. The van der Waals surface area contributed by atoms with Crippen molar-refractivity contribution in [2.75, 3.05) is 33.9 Å². The van der Waals surface area contributed by atoms with E-state index in [1.54, 1.807) is 31.3 Å². The van der Waals surface area contributed by atoms with Gasteiger partial charge in [-0.15, -0.1) is 0 Å². The number of nitrogens with one attached hydrogen (secondary N) is 1. The Balaban J connectivity index is 1.59. The van der Waals surface area contributed by atoms with Crippen molar-refractivity contribution in [1.29, 1.82) is 0 Å². The van der Waals surface area contributed by atoms with Gasteiger partial charge in [-0.1, -0.05) is 54.0 Å². The quantitative estimate of drug-likeness (QED) is 0.205. The highest BCUT2D eigenvalue weighted by molar-refractivity contribution is 9.10. The van der Waals surface area contributed by atoms with Gasteiger partial charge in [0.15, 0.2) is 11.5 Å². The number of hydrogen-bond acceptors (Lipinski definition) is 4. The SMILES string of the molecule is COc1ccc(CN(CCc2c[nH]c3ccccc23)C(=O)CN(CC(C)C)C(=O)c2ccc(Br)cc2)cc1OC. The number of rotatable bonds is 12. The summed E-state index contributed by atoms with van der Waals surface area (Å²) in [6.45, 7) is 5.44. The van der Waals surface area contributed by atoms with Crippen molar-refractivity contribution in [1.82, 2.24) is 14.8 Å². The molecule has 1 aromatic heterocycles. The molecular weight excluding hydrogens is 570 g/mol. The van der Waals surface area contributed by atoms with Crippen LogP contribution in [0.3, 0.4) is 0 Å². The van der Waals surface area contributed by atoms with Crippen LogP contribution in [0.1, 0.15) is 35.3 Å². The molecule has 0 aliphatic carbocycles. The first-order valence-corrected chi connectivity index (χ1v) is 14.2. The molecule has 4 rings (SSSR count). The largest absolute Gasteiger partial charge is 0.493 e. The Morgan fingerprint density at radius 3 is 2.35 bits per heavy atom. The molecule has 210 valence electrons. The normalized spacial score (nSPS) is 11.1. The first-order chi connectivity index (χ1) is 19.3. The van der Waals surface area contributed by atoms with Crippen molar-refractivity contribution in [3.63, 3.8) is 0 Å². The maximum atomic E-state index is 13.9. The average molecular weight is 607 g/mol. The van der Waals surface area contributed by atoms with Gasteiger partial charge >= 0.3 is 0 Å². The van der Waals surface area contributed by atoms with E-state index in [1.807, 2.05) is 73.5 Å². The van der Waals surface area contributed by atoms with Crippen LogP contribution in [0.25, 0.3) is 10.9 Å². The van der Waals surface area contributed by atoms with Crippen molar-refractivity contribution in [2.24, 2.45) is 5.92 Å². The molecule has 0 spiro atoms. The molecule has 0 bridgehead atoms. The summed E-state index contributed by atoms with van der Waals surface area (Å²) in [6, 6.07) is 21.1. The van der Waals surface area contributed by atoms with E-state index >= 15 is 0 Å². The van der Waals surface area contributed by atoms with Gasteiger partial charge in [0.2, 0.25) is 5.91 Å². The van der Waals surface area contributed by atoms with Crippen LogP contribution in [-0.2, 0) is 17.8 Å². The number of para-hydroxylation sites is 1. The lowest BCUT2D eigenvalue weighted by Crippen LogP contribution is -2.44. The van der Waals surface area contributed by atoms with Crippen molar-refractivity contribution < 1.29 is 19.1 Å². The number of benzene rings is 3. The zero-order valence-corrected chi connectivity index (χ0v) is 25.0. The van der Waals surface area contributed by atoms with Gasteiger partial charge < -0.3 is 24.3 Å². The number of aromatic nitrogens is 1. The smallest absolute Gasteiger partial charge is 0.254 e. The molecule has 0 aliphatic heterocycles. The van der Waals surface area contributed by atoms with Crippen LogP contribution in [0, 0.1) is 5.92 Å². The number of aromatic amines is 1. The van der Waals surface area contributed by atoms with Crippen molar-refractivity contribution in [3.05, 3.63) is 94.1 Å². The molecule has 0 aliphatic rings. The minimum Gasteiger partial charge on any atom is -0.493 e. The van der Waals surface area contributed by atoms with Gasteiger partial charge in [-0.05, 0) is 65.9 Å². The fourth-order valence-electron chi connectivity index (χ4n) is 4.78. The summed E-state index contributed by atoms with van der Waals surface area (Å²) in [5.41, 5.74) is 3.69. The molecule has 40 heavy (non-hydrogen) atoms. The predicted octanol–water partition coefficient (Wildman–Crippen LogP) is 6.32. The third kappa shape index (κ3) is 7.24. The van der Waals surface area contributed by atoms with E-state index in [9.17, 15) is 9.59 Å². The minimum atomic E-state index is -0.155. The molecule has 8 heteroatoms. The molecule has 2 amide bonds.